The molecule has 2 saturated heterocycles. The van der Waals surface area contributed by atoms with E-state index in [1.165, 1.54) is 51.4 Å². The second kappa shape index (κ2) is 16.6. The summed E-state index contributed by atoms with van der Waals surface area (Å²) in [5.41, 5.74) is -2.64. The number of fused-ring (bicyclic) bond motifs is 4. The maximum absolute atomic E-state index is 15.0. The number of amides is 3. The number of ketones is 3. The van der Waals surface area contributed by atoms with Crippen LogP contribution in [0.4, 0.5) is 8.78 Å². The summed E-state index contributed by atoms with van der Waals surface area (Å²) in [5.74, 6) is -10.5. The van der Waals surface area contributed by atoms with Crippen LogP contribution in [0.1, 0.15) is 105 Å². The van der Waals surface area contributed by atoms with Gasteiger partial charge >= 0.3 is 0 Å². The Morgan fingerprint density at radius 1 is 0.984 bits per heavy atom. The fourth-order valence-corrected chi connectivity index (χ4v) is 9.90. The quantitative estimate of drug-likeness (QED) is 0.111. The number of benzene rings is 3. The van der Waals surface area contributed by atoms with E-state index in [0.717, 1.165) is 0 Å². The van der Waals surface area contributed by atoms with Gasteiger partial charge in [-0.2, -0.15) is 0 Å². The van der Waals surface area contributed by atoms with E-state index in [1.54, 1.807) is 24.3 Å². The van der Waals surface area contributed by atoms with Gasteiger partial charge in [-0.15, -0.1) is 0 Å². The van der Waals surface area contributed by atoms with Crippen molar-refractivity contribution in [1.82, 2.24) is 20.5 Å². The summed E-state index contributed by atoms with van der Waals surface area (Å²) in [4.78, 5) is 86.6. The number of hydrogen-bond acceptors (Lipinski definition) is 13. The molecule has 0 bridgehead atoms. The Labute approximate surface area is 364 Å². The van der Waals surface area contributed by atoms with Crippen LogP contribution in [0.15, 0.2) is 54.7 Å². The number of aliphatic hydroxyl groups is 2. The number of likely N-dealkylation sites (tertiary alicyclic amines) is 1. The SMILES string of the molecule is CCC(=O)[C@]1(O)Cc2c(O)c3c(c(O)c2[C@@H](CC2CC(NC(=O)[C@@H]4CC(F)(F)CN4C(=O)CNC(=O)c4ccnc5ccccc45)C(O)C(C)O2)C1)C(=O)c1c(OC)cccc1C3=O. The first-order valence-corrected chi connectivity index (χ1v) is 20.9. The molecule has 7 atom stereocenters. The molecular weight excluding hydrogens is 839 g/mol. The Bertz CT molecular complexity index is 2630. The molecule has 16 nitrogen and oxygen atoms in total. The zero-order valence-corrected chi connectivity index (χ0v) is 35.0. The fourth-order valence-electron chi connectivity index (χ4n) is 9.90. The number of aromatic hydroxyl groups is 2. The third kappa shape index (κ3) is 7.62. The molecule has 18 heteroatoms. The molecular formula is C46H46F2N4O12. The molecule has 8 rings (SSSR count). The van der Waals surface area contributed by atoms with Crippen molar-refractivity contribution in [2.24, 2.45) is 0 Å². The van der Waals surface area contributed by atoms with Crippen LogP contribution in [0.2, 0.25) is 0 Å². The fraction of sp³-hybridized carbons (Fsp3) is 0.413. The lowest BCUT2D eigenvalue weighted by molar-refractivity contribution is -0.147. The summed E-state index contributed by atoms with van der Waals surface area (Å²) in [6.45, 7) is 1.25. The van der Waals surface area contributed by atoms with E-state index in [4.69, 9.17) is 9.47 Å². The largest absolute Gasteiger partial charge is 0.507 e. The molecule has 0 spiro atoms. The molecule has 336 valence electrons. The van der Waals surface area contributed by atoms with Gasteiger partial charge in [0.05, 0.1) is 66.2 Å². The average Bonchev–Trinajstić information content (AvgIpc) is 3.61. The van der Waals surface area contributed by atoms with Gasteiger partial charge in [-0.1, -0.05) is 37.3 Å². The topological polar surface area (TPSA) is 242 Å². The lowest BCUT2D eigenvalue weighted by Crippen LogP contribution is -2.58. The first kappa shape index (κ1) is 44.2. The number of carbonyl (C=O) groups is 6. The maximum atomic E-state index is 15.0. The van der Waals surface area contributed by atoms with Crippen LogP contribution >= 0.6 is 0 Å². The summed E-state index contributed by atoms with van der Waals surface area (Å²) < 4.78 is 41.4. The standard InChI is InChI=1S/C46H46F2N4O12/c1-4-32(53)45(62)16-22(34-27(17-45)40(57)36-37(41(34)58)42(59)35-26(39(36)56)9-7-11-31(35)63-3)14-23-15-29(38(55)21(2)64-23)51-44(61)30-18-46(47,48)20-52(30)33(54)19-50-43(60)25-12-13-49-28-10-6-5-8-24(25)28/h5-13,21-23,29-30,38,55,57-58,62H,4,14-20H2,1-3H3,(H,50,60)(H,51,61)/t21?,22-,23?,29?,30-,38?,45+/m0/s1. The van der Waals surface area contributed by atoms with Crippen molar-refractivity contribution in [2.45, 2.75) is 100 Å². The van der Waals surface area contributed by atoms with Crippen LogP contribution in [0, 0.1) is 0 Å². The third-order valence-electron chi connectivity index (χ3n) is 12.9. The highest BCUT2D eigenvalue weighted by molar-refractivity contribution is 6.31. The van der Waals surface area contributed by atoms with Crippen molar-refractivity contribution in [3.63, 3.8) is 0 Å². The minimum atomic E-state index is -3.46. The molecule has 2 aliphatic heterocycles. The molecule has 6 N–H and O–H groups in total. The molecule has 64 heavy (non-hydrogen) atoms. The predicted molar refractivity (Wildman–Crippen MR) is 222 cm³/mol. The number of phenolic OH excluding ortho intramolecular Hbond substituents is 2. The van der Waals surface area contributed by atoms with Crippen molar-refractivity contribution < 1.29 is 67.4 Å². The highest BCUT2D eigenvalue weighted by Crippen LogP contribution is 2.53. The minimum absolute atomic E-state index is 0.00108. The minimum Gasteiger partial charge on any atom is -0.507 e. The van der Waals surface area contributed by atoms with Crippen LogP contribution in [0.3, 0.4) is 0 Å². The number of aliphatic hydroxyl groups excluding tert-OH is 1. The highest BCUT2D eigenvalue weighted by atomic mass is 19.3. The van der Waals surface area contributed by atoms with Crippen LogP contribution < -0.4 is 15.4 Å². The number of halogens is 2. The van der Waals surface area contributed by atoms with E-state index < -0.39 is 131 Å². The lowest BCUT2D eigenvalue weighted by Gasteiger charge is -2.43. The Morgan fingerprint density at radius 3 is 2.45 bits per heavy atom. The van der Waals surface area contributed by atoms with Gasteiger partial charge < -0.3 is 45.4 Å². The molecule has 0 saturated carbocycles. The van der Waals surface area contributed by atoms with Crippen LogP contribution in [-0.4, -0.2) is 127 Å². The number of para-hydroxylation sites is 1. The van der Waals surface area contributed by atoms with Crippen molar-refractivity contribution in [2.75, 3.05) is 20.2 Å². The molecule has 2 aliphatic carbocycles. The van der Waals surface area contributed by atoms with Crippen LogP contribution in [0.5, 0.6) is 17.2 Å². The van der Waals surface area contributed by atoms with Gasteiger partial charge in [0, 0.05) is 47.5 Å². The number of nitrogens with zero attached hydrogens (tertiary/aromatic N) is 2. The van der Waals surface area contributed by atoms with E-state index in [-0.39, 0.29) is 59.3 Å². The van der Waals surface area contributed by atoms with Crippen molar-refractivity contribution in [3.05, 3.63) is 93.7 Å². The summed E-state index contributed by atoms with van der Waals surface area (Å²) in [6.07, 6.45) is -4.07. The van der Waals surface area contributed by atoms with Crippen molar-refractivity contribution in [3.8, 4) is 17.2 Å². The molecule has 0 radical (unpaired) electrons. The summed E-state index contributed by atoms with van der Waals surface area (Å²) in [6, 6.07) is 9.77. The van der Waals surface area contributed by atoms with Gasteiger partial charge in [-0.25, -0.2) is 8.78 Å². The van der Waals surface area contributed by atoms with Crippen molar-refractivity contribution in [1.29, 1.82) is 0 Å². The number of carbonyl (C=O) groups excluding carboxylic acids is 6. The Kier molecular flexibility index (Phi) is 11.5. The molecule has 1 aromatic heterocycles. The van der Waals surface area contributed by atoms with Crippen LogP contribution in [-0.2, 0) is 25.5 Å². The second-order valence-electron chi connectivity index (χ2n) is 17.0. The third-order valence-corrected chi connectivity index (χ3v) is 12.9. The number of hydrogen-bond donors (Lipinski definition) is 6. The van der Waals surface area contributed by atoms with E-state index >= 15 is 0 Å². The zero-order valence-electron chi connectivity index (χ0n) is 35.0. The molecule has 4 aliphatic rings. The summed E-state index contributed by atoms with van der Waals surface area (Å²) >= 11 is 0. The molecule has 4 unspecified atom stereocenters. The number of methoxy groups -OCH3 is 1. The van der Waals surface area contributed by atoms with Gasteiger partial charge in [-0.3, -0.25) is 33.8 Å². The predicted octanol–water partition coefficient (Wildman–Crippen LogP) is 3.25. The van der Waals surface area contributed by atoms with Gasteiger partial charge in [0.25, 0.3) is 11.8 Å². The van der Waals surface area contributed by atoms with Gasteiger partial charge in [-0.05, 0) is 50.3 Å². The van der Waals surface area contributed by atoms with Crippen molar-refractivity contribution >= 4 is 46.0 Å². The lowest BCUT2D eigenvalue weighted by atomic mass is 9.67. The first-order chi connectivity index (χ1) is 30.4. The van der Waals surface area contributed by atoms with Crippen LogP contribution in [0.25, 0.3) is 10.9 Å². The van der Waals surface area contributed by atoms with Gasteiger partial charge in [0.1, 0.15) is 35.0 Å². The normalized spacial score (nSPS) is 25.8. The molecule has 2 fully saturated rings. The number of pyridine rings is 1. The number of ether oxygens (including phenoxy) is 2. The van der Waals surface area contributed by atoms with E-state index in [9.17, 15) is 58.0 Å². The second-order valence-corrected chi connectivity index (χ2v) is 17.0. The number of alkyl halides is 2. The molecule has 4 aromatic rings. The molecule has 3 heterocycles. The van der Waals surface area contributed by atoms with E-state index in [1.807, 2.05) is 0 Å². The molecule has 3 amide bonds. The number of phenols is 2. The Balaban J connectivity index is 1.04. The number of nitrogens with one attached hydrogen (secondary N) is 2. The first-order valence-electron chi connectivity index (χ1n) is 20.9. The number of Topliss-reactive ketones (excluding diaryl/α,β-unsaturated/α-hetero) is 1. The smallest absolute Gasteiger partial charge is 0.267 e. The number of aromatic nitrogens is 1. The molecule has 3 aromatic carbocycles. The zero-order chi connectivity index (χ0) is 46.0. The van der Waals surface area contributed by atoms with Gasteiger partial charge in [0.2, 0.25) is 17.6 Å². The Hall–Kier alpha value is -6.37. The number of rotatable bonds is 10. The summed E-state index contributed by atoms with van der Waals surface area (Å²) in [5, 5.41) is 52.4. The Morgan fingerprint density at radius 2 is 1.72 bits per heavy atom. The van der Waals surface area contributed by atoms with Gasteiger partial charge in [0.15, 0.2) is 11.6 Å². The van der Waals surface area contributed by atoms with E-state index in [0.29, 0.717) is 15.8 Å². The highest BCUT2D eigenvalue weighted by Gasteiger charge is 2.52. The maximum Gasteiger partial charge on any atom is 0.267 e. The van der Waals surface area contributed by atoms with E-state index in [2.05, 4.69) is 15.6 Å². The average molecular weight is 885 g/mol. The monoisotopic (exact) mass is 884 g/mol. The summed E-state index contributed by atoms with van der Waals surface area (Å²) in [7, 11) is 1.31.